The standard InChI is InChI=1S/C15H14BF2N2O2/c1-7-8(2)14(19-6-10(7)16-3)20-13-9(15(21)22)4-5-11(17)12(13)18/h4-6H,1-3H3,(H,19,20)(H,21,22). The van der Waals surface area contributed by atoms with Crippen molar-refractivity contribution in [1.29, 1.82) is 0 Å². The first kappa shape index (κ1) is 15.9. The maximum absolute atomic E-state index is 14.0. The number of carboxylic acid groups (broad SMARTS) is 1. The second kappa shape index (κ2) is 6.13. The number of nitrogens with zero attached hydrogens (tertiary/aromatic N) is 1. The molecule has 22 heavy (non-hydrogen) atoms. The van der Waals surface area contributed by atoms with Crippen molar-refractivity contribution in [3.63, 3.8) is 0 Å². The summed E-state index contributed by atoms with van der Waals surface area (Å²) in [5.74, 6) is -3.44. The first-order chi connectivity index (χ1) is 10.4. The fourth-order valence-corrected chi connectivity index (χ4v) is 2.11. The van der Waals surface area contributed by atoms with Gasteiger partial charge in [-0.25, -0.2) is 18.6 Å². The van der Waals surface area contributed by atoms with Crippen LogP contribution >= 0.6 is 0 Å². The molecule has 2 aromatic rings. The lowest BCUT2D eigenvalue weighted by Crippen LogP contribution is -2.18. The number of hydrogen-bond donors (Lipinski definition) is 2. The number of rotatable bonds is 4. The number of nitrogens with one attached hydrogen (secondary N) is 1. The fourth-order valence-electron chi connectivity index (χ4n) is 2.11. The van der Waals surface area contributed by atoms with Crippen LogP contribution in [0.25, 0.3) is 0 Å². The quantitative estimate of drug-likeness (QED) is 0.853. The minimum Gasteiger partial charge on any atom is -0.478 e. The summed E-state index contributed by atoms with van der Waals surface area (Å²) in [6.07, 6.45) is 1.59. The molecule has 0 aliphatic heterocycles. The molecule has 0 saturated carbocycles. The summed E-state index contributed by atoms with van der Waals surface area (Å²) < 4.78 is 27.3. The fraction of sp³-hybridized carbons (Fsp3) is 0.200. The van der Waals surface area contributed by atoms with Crippen molar-refractivity contribution < 1.29 is 18.7 Å². The highest BCUT2D eigenvalue weighted by molar-refractivity contribution is 6.52. The van der Waals surface area contributed by atoms with E-state index in [1.165, 1.54) is 0 Å². The van der Waals surface area contributed by atoms with Gasteiger partial charge in [-0.05, 0) is 37.1 Å². The van der Waals surface area contributed by atoms with Crippen molar-refractivity contribution in [2.75, 3.05) is 5.32 Å². The van der Waals surface area contributed by atoms with Crippen molar-refractivity contribution in [2.24, 2.45) is 0 Å². The average Bonchev–Trinajstić information content (AvgIpc) is 2.48. The first-order valence-corrected chi connectivity index (χ1v) is 6.60. The lowest BCUT2D eigenvalue weighted by Gasteiger charge is -2.15. The maximum atomic E-state index is 14.0. The molecule has 2 rings (SSSR count). The topological polar surface area (TPSA) is 62.2 Å². The minimum absolute atomic E-state index is 0.287. The molecule has 1 aromatic heterocycles. The zero-order valence-corrected chi connectivity index (χ0v) is 12.4. The third kappa shape index (κ3) is 2.79. The predicted octanol–water partition coefficient (Wildman–Crippen LogP) is 2.80. The van der Waals surface area contributed by atoms with Crippen molar-refractivity contribution in [3.05, 3.63) is 46.7 Å². The number of hydrogen-bond acceptors (Lipinski definition) is 3. The molecule has 0 fully saturated rings. The van der Waals surface area contributed by atoms with Gasteiger partial charge in [0.25, 0.3) is 0 Å². The van der Waals surface area contributed by atoms with Crippen LogP contribution in [0.2, 0.25) is 6.82 Å². The smallest absolute Gasteiger partial charge is 0.337 e. The second-order valence-electron chi connectivity index (χ2n) is 4.81. The molecular formula is C15H14BF2N2O2. The molecule has 1 heterocycles. The Labute approximate surface area is 127 Å². The highest BCUT2D eigenvalue weighted by Crippen LogP contribution is 2.27. The Hall–Kier alpha value is -2.44. The van der Waals surface area contributed by atoms with Gasteiger partial charge in [0, 0.05) is 6.20 Å². The van der Waals surface area contributed by atoms with Gasteiger partial charge in [-0.1, -0.05) is 12.3 Å². The number of aromatic nitrogens is 1. The number of carboxylic acids is 1. The Morgan fingerprint density at radius 1 is 1.27 bits per heavy atom. The van der Waals surface area contributed by atoms with Crippen LogP contribution in [-0.2, 0) is 0 Å². The maximum Gasteiger partial charge on any atom is 0.337 e. The molecular weight excluding hydrogens is 289 g/mol. The SMILES string of the molecule is C[B]c1cnc(Nc2c(C(=O)O)ccc(F)c2F)c(C)c1C. The normalized spacial score (nSPS) is 10.4. The largest absolute Gasteiger partial charge is 0.478 e. The highest BCUT2D eigenvalue weighted by atomic mass is 19.2. The molecule has 1 radical (unpaired) electrons. The van der Waals surface area contributed by atoms with Gasteiger partial charge in [0.2, 0.25) is 0 Å². The van der Waals surface area contributed by atoms with E-state index < -0.39 is 23.3 Å². The molecule has 7 heteroatoms. The number of pyridine rings is 1. The summed E-state index contributed by atoms with van der Waals surface area (Å²) >= 11 is 0. The van der Waals surface area contributed by atoms with E-state index >= 15 is 0 Å². The summed E-state index contributed by atoms with van der Waals surface area (Å²) in [4.78, 5) is 15.3. The average molecular weight is 303 g/mol. The lowest BCUT2D eigenvalue weighted by atomic mass is 9.71. The van der Waals surface area contributed by atoms with Crippen molar-refractivity contribution >= 4 is 30.2 Å². The van der Waals surface area contributed by atoms with E-state index in [1.54, 1.807) is 13.1 Å². The monoisotopic (exact) mass is 303 g/mol. The number of carbonyl (C=O) groups is 1. The van der Waals surface area contributed by atoms with E-state index in [0.29, 0.717) is 0 Å². The Morgan fingerprint density at radius 2 is 1.95 bits per heavy atom. The summed E-state index contributed by atoms with van der Waals surface area (Å²) in [5, 5.41) is 11.7. The van der Waals surface area contributed by atoms with Gasteiger partial charge in [-0.15, -0.1) is 0 Å². The summed E-state index contributed by atoms with van der Waals surface area (Å²) in [6.45, 7) is 5.51. The van der Waals surface area contributed by atoms with Crippen LogP contribution in [0.15, 0.2) is 18.3 Å². The molecule has 0 bridgehead atoms. The van der Waals surface area contributed by atoms with Crippen LogP contribution in [0.4, 0.5) is 20.3 Å². The molecule has 0 aliphatic rings. The Morgan fingerprint density at radius 3 is 2.55 bits per heavy atom. The molecule has 113 valence electrons. The van der Waals surface area contributed by atoms with E-state index in [-0.39, 0.29) is 11.4 Å². The molecule has 0 unspecified atom stereocenters. The molecule has 0 aliphatic carbocycles. The van der Waals surface area contributed by atoms with E-state index in [2.05, 4.69) is 10.3 Å². The molecule has 0 spiro atoms. The van der Waals surface area contributed by atoms with Crippen molar-refractivity contribution in [3.8, 4) is 0 Å². The Bertz CT molecular complexity index is 751. The van der Waals surface area contributed by atoms with Crippen LogP contribution in [0.3, 0.4) is 0 Å². The molecule has 0 atom stereocenters. The van der Waals surface area contributed by atoms with Crippen molar-refractivity contribution in [1.82, 2.24) is 4.98 Å². The molecule has 1 aromatic carbocycles. The van der Waals surface area contributed by atoms with E-state index in [4.69, 9.17) is 5.11 Å². The molecule has 0 saturated heterocycles. The van der Waals surface area contributed by atoms with E-state index in [0.717, 1.165) is 28.7 Å². The Kier molecular flexibility index (Phi) is 4.44. The number of halogens is 2. The van der Waals surface area contributed by atoms with Gasteiger partial charge in [0.1, 0.15) is 5.82 Å². The summed E-state index contributed by atoms with van der Waals surface area (Å²) in [5.41, 5.74) is 1.78. The van der Waals surface area contributed by atoms with E-state index in [9.17, 15) is 13.6 Å². The van der Waals surface area contributed by atoms with Gasteiger partial charge >= 0.3 is 5.97 Å². The lowest BCUT2D eigenvalue weighted by molar-refractivity contribution is 0.0697. The van der Waals surface area contributed by atoms with Crippen LogP contribution in [-0.4, -0.2) is 23.3 Å². The predicted molar refractivity (Wildman–Crippen MR) is 81.6 cm³/mol. The number of anilines is 2. The Balaban J connectivity index is 2.54. The third-order valence-corrected chi connectivity index (χ3v) is 3.56. The minimum atomic E-state index is -1.35. The highest BCUT2D eigenvalue weighted by Gasteiger charge is 2.19. The van der Waals surface area contributed by atoms with Gasteiger partial charge in [0.15, 0.2) is 18.9 Å². The van der Waals surface area contributed by atoms with Gasteiger partial charge in [-0.2, -0.15) is 0 Å². The number of aromatic carboxylic acids is 1. The van der Waals surface area contributed by atoms with Gasteiger partial charge in [0.05, 0.1) is 11.3 Å². The van der Waals surface area contributed by atoms with E-state index in [1.807, 2.05) is 21.0 Å². The van der Waals surface area contributed by atoms with Crippen molar-refractivity contribution in [2.45, 2.75) is 20.7 Å². The third-order valence-electron chi connectivity index (χ3n) is 3.56. The molecule has 4 nitrogen and oxygen atoms in total. The zero-order valence-electron chi connectivity index (χ0n) is 12.4. The summed E-state index contributed by atoms with van der Waals surface area (Å²) in [7, 11) is 1.88. The van der Waals surface area contributed by atoms with Crippen LogP contribution in [0.5, 0.6) is 0 Å². The zero-order chi connectivity index (χ0) is 16.4. The molecule has 2 N–H and O–H groups in total. The summed E-state index contributed by atoms with van der Waals surface area (Å²) in [6, 6.07) is 1.80. The van der Waals surface area contributed by atoms with Crippen LogP contribution < -0.4 is 10.8 Å². The number of benzene rings is 1. The van der Waals surface area contributed by atoms with Gasteiger partial charge in [-0.3, -0.25) is 0 Å². The molecule has 0 amide bonds. The van der Waals surface area contributed by atoms with Crippen LogP contribution in [0, 0.1) is 25.5 Å². The second-order valence-corrected chi connectivity index (χ2v) is 4.81. The van der Waals surface area contributed by atoms with Gasteiger partial charge < -0.3 is 10.4 Å². The first-order valence-electron chi connectivity index (χ1n) is 6.60. The van der Waals surface area contributed by atoms with Crippen LogP contribution in [0.1, 0.15) is 21.5 Å².